The van der Waals surface area contributed by atoms with Crippen LogP contribution in [-0.4, -0.2) is 358 Å². The number of aliphatic hydroxyl groups is 30. The molecule has 0 aromatic heterocycles. The van der Waals surface area contributed by atoms with Crippen LogP contribution in [0.25, 0.3) is 0 Å². The van der Waals surface area contributed by atoms with Crippen molar-refractivity contribution >= 4 is 5.97 Å². The molecule has 0 unspecified atom stereocenters. The smallest absolute Gasteiger partial charge is 0.342 e. The van der Waals surface area contributed by atoms with Gasteiger partial charge in [-0.25, -0.2) is 4.79 Å². The minimum absolute atomic E-state index is 0.342. The van der Waals surface area contributed by atoms with Crippen LogP contribution in [0.3, 0.4) is 0 Å². The largest absolute Gasteiger partial charge is 0.394 e. The Morgan fingerprint density at radius 1 is 0.235 bits per heavy atom. The topological polar surface area (TPSA) is 653 Å². The summed E-state index contributed by atoms with van der Waals surface area (Å²) in [6.07, 6.45) is 10.5. The fourth-order valence-corrected chi connectivity index (χ4v) is 3.26. The lowest BCUT2D eigenvalue weighted by molar-refractivity contribution is -0.234. The van der Waals surface area contributed by atoms with E-state index in [9.17, 15) is 4.79 Å². The van der Waals surface area contributed by atoms with Crippen molar-refractivity contribution in [2.24, 2.45) is 0 Å². The molecule has 31 N–H and O–H groups in total. The summed E-state index contributed by atoms with van der Waals surface area (Å²) in [7, 11) is 0. The zero-order valence-electron chi connectivity index (χ0n) is 47.4. The van der Waals surface area contributed by atoms with E-state index in [1.54, 1.807) is 0 Å². The highest BCUT2D eigenvalue weighted by Gasteiger charge is 2.02. The number of rotatable bonds is 36. The van der Waals surface area contributed by atoms with Gasteiger partial charge in [0.1, 0.15) is 61.0 Å². The molecule has 0 bridgehead atoms. The molecule has 0 aromatic rings. The molecule has 0 heterocycles. The van der Waals surface area contributed by atoms with E-state index in [4.69, 9.17) is 158 Å². The molecule has 0 aliphatic carbocycles. The lowest BCUT2D eigenvalue weighted by Gasteiger charge is -2.03. The maximum Gasteiger partial charge on any atom is 0.342 e. The molecule has 0 saturated heterocycles. The minimum atomic E-state index is -0.954. The Morgan fingerprint density at radius 3 is 0.432 bits per heavy atom. The fraction of sp³-hybridized carbons (Fsp3) is 0.979. The summed E-state index contributed by atoms with van der Waals surface area (Å²) in [5, 5.41) is 248. The molecule has 0 atom stereocenters. The summed E-state index contributed by atoms with van der Waals surface area (Å²) in [5.41, 5.74) is 0. The number of hydrogen-bond acceptors (Lipinski definition) is 33. The number of aliphatic hydroxyl groups excluding tert-OH is 30. The molecule has 81 heavy (non-hydrogen) atoms. The Morgan fingerprint density at radius 2 is 0.346 bits per heavy atom. The van der Waals surface area contributed by atoms with Gasteiger partial charge < -0.3 is 158 Å². The summed E-state index contributed by atoms with van der Waals surface area (Å²) in [4.78, 5) is 14.3. The normalized spacial score (nSPS) is 10.2. The Bertz CT molecular complexity index is 773. The second kappa shape index (κ2) is 100. The average Bonchev–Trinajstić information content (AvgIpc) is 3.52. The molecule has 506 valence electrons. The van der Waals surface area contributed by atoms with Gasteiger partial charge in [-0.3, -0.25) is 0 Å². The highest BCUT2D eigenvalue weighted by atomic mass is 17.1. The molecule has 0 aliphatic rings. The van der Waals surface area contributed by atoms with Crippen molar-refractivity contribution in [3.05, 3.63) is 0 Å². The van der Waals surface area contributed by atoms with Crippen LogP contribution in [0.2, 0.25) is 0 Å². The van der Waals surface area contributed by atoms with E-state index in [0.29, 0.717) is 6.42 Å². The molecule has 0 aromatic carbocycles. The van der Waals surface area contributed by atoms with Gasteiger partial charge in [0.25, 0.3) is 0 Å². The van der Waals surface area contributed by atoms with Crippen molar-refractivity contribution < 1.29 is 168 Å². The molecular formula is C48H116O33. The predicted molar refractivity (Wildman–Crippen MR) is 290 cm³/mol. The number of unbranched alkanes of at least 4 members (excludes halogenated alkanes) is 14. The highest BCUT2D eigenvalue weighted by Crippen LogP contribution is 2.13. The molecular weight excluding hydrogens is 1100 g/mol. The van der Waals surface area contributed by atoms with Crippen molar-refractivity contribution in [2.75, 3.05) is 132 Å². The number of carbonyl (C=O) groups excluding carboxylic acids is 1. The van der Waals surface area contributed by atoms with Gasteiger partial charge in [0.2, 0.25) is 0 Å². The van der Waals surface area contributed by atoms with Crippen molar-refractivity contribution in [3.8, 4) is 0 Å². The molecule has 0 rings (SSSR count). The summed E-state index contributed by atoms with van der Waals surface area (Å²) < 4.78 is 0. The zero-order chi connectivity index (χ0) is 65.5. The molecule has 0 fully saturated rings. The second-order valence-electron chi connectivity index (χ2n) is 16.4. The van der Waals surface area contributed by atoms with Gasteiger partial charge in [-0.1, -0.05) is 96.8 Å². The van der Waals surface area contributed by atoms with Crippen LogP contribution in [0.15, 0.2) is 0 Å². The maximum absolute atomic E-state index is 10.7. The van der Waals surface area contributed by atoms with Gasteiger partial charge in [-0.05, 0) is 6.42 Å². The molecule has 33 heteroatoms. The third-order valence-corrected chi connectivity index (χ3v) is 8.30. The summed E-state index contributed by atoms with van der Waals surface area (Å²) in [6.45, 7) is -5.02. The lowest BCUT2D eigenvalue weighted by atomic mass is 10.0. The van der Waals surface area contributed by atoms with E-state index in [1.165, 1.54) is 83.5 Å². The molecule has 0 radical (unpaired) electrons. The molecule has 33 nitrogen and oxygen atoms in total. The minimum Gasteiger partial charge on any atom is -0.394 e. The SMILES string of the molecule is CCCCCCCCCCCCCCCCCC(=O)OO.OCC(O)CO.OCC(O)CO.OCC(O)CO.OCC(O)CO.OCC(O)CO.OCC(O)CO.OCC(O)CO.OCC(O)CO.OCC(O)CO.OCC(O)CO. The van der Waals surface area contributed by atoms with Crippen molar-refractivity contribution in [3.63, 3.8) is 0 Å². The van der Waals surface area contributed by atoms with E-state index in [-0.39, 0.29) is 132 Å². The first-order chi connectivity index (χ1) is 38.4. The van der Waals surface area contributed by atoms with Crippen LogP contribution < -0.4 is 0 Å². The van der Waals surface area contributed by atoms with Crippen molar-refractivity contribution in [1.82, 2.24) is 0 Å². The lowest BCUT2D eigenvalue weighted by Crippen LogP contribution is -2.15. The average molecular weight is 1220 g/mol. The Kier molecular flexibility index (Phi) is 129. The van der Waals surface area contributed by atoms with E-state index < -0.39 is 67.0 Å². The number of carbonyl (C=O) groups is 1. The standard InChI is InChI=1S/C18H36O3.10C3H8O3/c1-2-3-4-5-6-7-8-9-10-11-12-13-14-15-16-17-18(19)21-20;10*4-1-3(6)2-5/h20H,2-17H2,1H3;10*3-6H,1-2H2. The summed E-state index contributed by atoms with van der Waals surface area (Å²) in [6, 6.07) is 0. The summed E-state index contributed by atoms with van der Waals surface area (Å²) >= 11 is 0. The van der Waals surface area contributed by atoms with Gasteiger partial charge in [0.05, 0.1) is 132 Å². The Hall–Kier alpha value is -1.77. The van der Waals surface area contributed by atoms with E-state index in [1.807, 2.05) is 0 Å². The van der Waals surface area contributed by atoms with E-state index in [0.717, 1.165) is 12.8 Å². The van der Waals surface area contributed by atoms with Crippen molar-refractivity contribution in [1.29, 1.82) is 0 Å². The first-order valence-electron chi connectivity index (χ1n) is 26.2. The van der Waals surface area contributed by atoms with Crippen molar-refractivity contribution in [2.45, 2.75) is 171 Å². The third-order valence-electron chi connectivity index (χ3n) is 8.30. The van der Waals surface area contributed by atoms with Crippen LogP contribution in [0.4, 0.5) is 0 Å². The predicted octanol–water partition coefficient (Wildman–Crippen LogP) is -10.4. The fourth-order valence-electron chi connectivity index (χ4n) is 3.26. The second-order valence-corrected chi connectivity index (χ2v) is 16.4. The van der Waals surface area contributed by atoms with E-state index >= 15 is 0 Å². The monoisotopic (exact) mass is 1220 g/mol. The highest BCUT2D eigenvalue weighted by molar-refractivity contribution is 5.68. The first kappa shape index (κ1) is 104. The van der Waals surface area contributed by atoms with Gasteiger partial charge in [-0.2, -0.15) is 5.26 Å². The van der Waals surface area contributed by atoms with Crippen LogP contribution >= 0.6 is 0 Å². The van der Waals surface area contributed by atoms with Gasteiger partial charge in [-0.15, -0.1) is 0 Å². The quantitative estimate of drug-likeness (QED) is 0.0157. The van der Waals surface area contributed by atoms with Crippen LogP contribution in [0.1, 0.15) is 110 Å². The third kappa shape index (κ3) is 139. The van der Waals surface area contributed by atoms with E-state index in [2.05, 4.69) is 11.8 Å². The Labute approximate surface area is 476 Å². The van der Waals surface area contributed by atoms with Crippen LogP contribution in [-0.2, 0) is 9.68 Å². The van der Waals surface area contributed by atoms with Gasteiger partial charge in [0, 0.05) is 6.42 Å². The molecule has 0 saturated carbocycles. The van der Waals surface area contributed by atoms with Crippen LogP contribution in [0, 0.1) is 0 Å². The Balaban J connectivity index is -0.0000000778. The molecule has 0 amide bonds. The maximum atomic E-state index is 10.7. The number of hydrogen-bond donors (Lipinski definition) is 31. The van der Waals surface area contributed by atoms with Gasteiger partial charge in [0.15, 0.2) is 0 Å². The molecule has 0 aliphatic heterocycles. The first-order valence-corrected chi connectivity index (χ1v) is 26.2. The summed E-state index contributed by atoms with van der Waals surface area (Å²) in [5.74, 6) is -0.510. The van der Waals surface area contributed by atoms with Gasteiger partial charge >= 0.3 is 5.97 Å². The van der Waals surface area contributed by atoms with Crippen LogP contribution in [0.5, 0.6) is 0 Å². The zero-order valence-corrected chi connectivity index (χ0v) is 47.4. The molecule has 0 spiro atoms.